The molecule has 0 amide bonds. The maximum atomic E-state index is 11.3. The number of hydrogen-bond donors (Lipinski definition) is 1. The SMILES string of the molecule is COC(=O)C(C)Nc1ccc2c(c1)CCC2. The molecule has 1 atom stereocenters. The van der Waals surface area contributed by atoms with E-state index in [2.05, 4.69) is 22.2 Å². The molecule has 1 aliphatic carbocycles. The van der Waals surface area contributed by atoms with E-state index in [-0.39, 0.29) is 12.0 Å². The van der Waals surface area contributed by atoms with E-state index in [0.29, 0.717) is 0 Å². The van der Waals surface area contributed by atoms with Crippen LogP contribution in [0.25, 0.3) is 0 Å². The Bertz CT molecular complexity index is 401. The fraction of sp³-hybridized carbons (Fsp3) is 0.462. The molecule has 0 saturated heterocycles. The first-order valence-corrected chi connectivity index (χ1v) is 5.67. The van der Waals surface area contributed by atoms with Crippen molar-refractivity contribution in [1.29, 1.82) is 0 Å². The van der Waals surface area contributed by atoms with Crippen LogP contribution in [0.1, 0.15) is 24.5 Å². The second kappa shape index (κ2) is 4.56. The van der Waals surface area contributed by atoms with Gasteiger partial charge in [-0.25, -0.2) is 4.79 Å². The van der Waals surface area contributed by atoms with Crippen LogP contribution in [0.15, 0.2) is 18.2 Å². The monoisotopic (exact) mass is 219 g/mol. The van der Waals surface area contributed by atoms with Crippen LogP contribution in [-0.4, -0.2) is 19.1 Å². The molecule has 2 rings (SSSR count). The zero-order valence-electron chi connectivity index (χ0n) is 9.75. The number of anilines is 1. The zero-order chi connectivity index (χ0) is 11.5. The fourth-order valence-corrected chi connectivity index (χ4v) is 2.15. The average Bonchev–Trinajstić information content (AvgIpc) is 2.75. The summed E-state index contributed by atoms with van der Waals surface area (Å²) in [4.78, 5) is 11.3. The Kier molecular flexibility index (Phi) is 3.13. The van der Waals surface area contributed by atoms with Crippen molar-refractivity contribution >= 4 is 11.7 Å². The molecule has 0 radical (unpaired) electrons. The fourth-order valence-electron chi connectivity index (χ4n) is 2.15. The van der Waals surface area contributed by atoms with Crippen LogP contribution in [0.3, 0.4) is 0 Å². The summed E-state index contributed by atoms with van der Waals surface area (Å²) in [6.45, 7) is 1.80. The van der Waals surface area contributed by atoms with Gasteiger partial charge in [0.05, 0.1) is 7.11 Å². The van der Waals surface area contributed by atoms with Gasteiger partial charge < -0.3 is 10.1 Å². The van der Waals surface area contributed by atoms with E-state index in [1.54, 1.807) is 6.92 Å². The Labute approximate surface area is 95.8 Å². The minimum absolute atomic E-state index is 0.236. The van der Waals surface area contributed by atoms with E-state index in [4.69, 9.17) is 0 Å². The van der Waals surface area contributed by atoms with Crippen molar-refractivity contribution < 1.29 is 9.53 Å². The number of nitrogens with one attached hydrogen (secondary N) is 1. The molecule has 1 aliphatic rings. The van der Waals surface area contributed by atoms with Crippen LogP contribution in [0.2, 0.25) is 0 Å². The standard InChI is InChI=1S/C13H17NO2/c1-9(13(15)16-2)14-12-7-6-10-4-3-5-11(10)8-12/h6-9,14H,3-5H2,1-2H3. The Balaban J connectivity index is 2.08. The lowest BCUT2D eigenvalue weighted by Gasteiger charge is -2.13. The molecular formula is C13H17NO2. The number of esters is 1. The van der Waals surface area contributed by atoms with Crippen molar-refractivity contribution in [1.82, 2.24) is 0 Å². The highest BCUT2D eigenvalue weighted by molar-refractivity contribution is 5.78. The average molecular weight is 219 g/mol. The number of carbonyl (C=O) groups excluding carboxylic acids is 1. The van der Waals surface area contributed by atoms with Gasteiger partial charge in [0.15, 0.2) is 0 Å². The molecule has 1 unspecified atom stereocenters. The first kappa shape index (κ1) is 11.0. The van der Waals surface area contributed by atoms with Crippen LogP contribution in [0, 0.1) is 0 Å². The van der Waals surface area contributed by atoms with Crippen LogP contribution >= 0.6 is 0 Å². The van der Waals surface area contributed by atoms with Gasteiger partial charge in [0.1, 0.15) is 6.04 Å². The quantitative estimate of drug-likeness (QED) is 0.792. The van der Waals surface area contributed by atoms with Gasteiger partial charge in [0.2, 0.25) is 0 Å². The Hall–Kier alpha value is -1.51. The smallest absolute Gasteiger partial charge is 0.327 e. The van der Waals surface area contributed by atoms with Gasteiger partial charge in [-0.3, -0.25) is 0 Å². The van der Waals surface area contributed by atoms with Crippen molar-refractivity contribution in [2.75, 3.05) is 12.4 Å². The summed E-state index contributed by atoms with van der Waals surface area (Å²) < 4.78 is 4.68. The first-order valence-electron chi connectivity index (χ1n) is 5.67. The maximum absolute atomic E-state index is 11.3. The molecule has 0 bridgehead atoms. The van der Waals surface area contributed by atoms with Gasteiger partial charge >= 0.3 is 5.97 Å². The molecule has 1 N–H and O–H groups in total. The minimum atomic E-state index is -0.301. The molecule has 0 saturated carbocycles. The Morgan fingerprint density at radius 1 is 1.38 bits per heavy atom. The third-order valence-electron chi connectivity index (χ3n) is 3.04. The highest BCUT2D eigenvalue weighted by Crippen LogP contribution is 2.25. The molecule has 0 aromatic heterocycles. The minimum Gasteiger partial charge on any atom is -0.467 e. The summed E-state index contributed by atoms with van der Waals surface area (Å²) in [5, 5.41) is 3.15. The number of rotatable bonds is 3. The molecular weight excluding hydrogens is 202 g/mol. The third kappa shape index (κ3) is 2.18. The lowest BCUT2D eigenvalue weighted by molar-refractivity contribution is -0.141. The van der Waals surface area contributed by atoms with Crippen molar-refractivity contribution in [3.63, 3.8) is 0 Å². The number of carbonyl (C=O) groups is 1. The largest absolute Gasteiger partial charge is 0.467 e. The molecule has 0 aliphatic heterocycles. The number of hydrogen-bond acceptors (Lipinski definition) is 3. The highest BCUT2D eigenvalue weighted by atomic mass is 16.5. The molecule has 0 heterocycles. The summed E-state index contributed by atoms with van der Waals surface area (Å²) in [5.41, 5.74) is 3.84. The predicted molar refractivity (Wildman–Crippen MR) is 63.6 cm³/mol. The first-order chi connectivity index (χ1) is 7.70. The molecule has 3 heteroatoms. The summed E-state index contributed by atoms with van der Waals surface area (Å²) in [6.07, 6.45) is 3.57. The van der Waals surface area contributed by atoms with E-state index in [1.165, 1.54) is 31.1 Å². The number of aryl methyl sites for hydroxylation is 2. The van der Waals surface area contributed by atoms with E-state index in [1.807, 2.05) is 6.07 Å². The van der Waals surface area contributed by atoms with Gasteiger partial charge in [0.25, 0.3) is 0 Å². The molecule has 0 spiro atoms. The van der Waals surface area contributed by atoms with E-state index < -0.39 is 0 Å². The van der Waals surface area contributed by atoms with Gasteiger partial charge in [-0.2, -0.15) is 0 Å². The maximum Gasteiger partial charge on any atom is 0.327 e. The lowest BCUT2D eigenvalue weighted by Crippen LogP contribution is -2.27. The van der Waals surface area contributed by atoms with Crippen molar-refractivity contribution in [2.24, 2.45) is 0 Å². The predicted octanol–water partition coefficient (Wildman–Crippen LogP) is 2.15. The summed E-state index contributed by atoms with van der Waals surface area (Å²) >= 11 is 0. The molecule has 3 nitrogen and oxygen atoms in total. The van der Waals surface area contributed by atoms with E-state index in [0.717, 1.165) is 12.1 Å². The van der Waals surface area contributed by atoms with Crippen molar-refractivity contribution in [3.8, 4) is 0 Å². The van der Waals surface area contributed by atoms with Gasteiger partial charge in [-0.15, -0.1) is 0 Å². The normalized spacial score (nSPS) is 15.4. The van der Waals surface area contributed by atoms with Crippen LogP contribution in [0.5, 0.6) is 0 Å². The van der Waals surface area contributed by atoms with Crippen molar-refractivity contribution in [3.05, 3.63) is 29.3 Å². The Morgan fingerprint density at radius 2 is 2.12 bits per heavy atom. The summed E-state index contributed by atoms with van der Waals surface area (Å²) in [7, 11) is 1.41. The van der Waals surface area contributed by atoms with Gasteiger partial charge in [0, 0.05) is 5.69 Å². The van der Waals surface area contributed by atoms with Gasteiger partial charge in [-0.1, -0.05) is 6.07 Å². The number of ether oxygens (including phenoxy) is 1. The number of fused-ring (bicyclic) bond motifs is 1. The number of methoxy groups -OCH3 is 1. The van der Waals surface area contributed by atoms with Gasteiger partial charge in [-0.05, 0) is 49.4 Å². The topological polar surface area (TPSA) is 38.3 Å². The second-order valence-electron chi connectivity index (χ2n) is 4.23. The molecule has 16 heavy (non-hydrogen) atoms. The molecule has 1 aromatic carbocycles. The van der Waals surface area contributed by atoms with Crippen LogP contribution < -0.4 is 5.32 Å². The lowest BCUT2D eigenvalue weighted by atomic mass is 10.1. The van der Waals surface area contributed by atoms with E-state index >= 15 is 0 Å². The van der Waals surface area contributed by atoms with Crippen LogP contribution in [0.4, 0.5) is 5.69 Å². The van der Waals surface area contributed by atoms with Crippen LogP contribution in [-0.2, 0) is 22.4 Å². The summed E-state index contributed by atoms with van der Waals surface area (Å²) in [6, 6.07) is 6.02. The summed E-state index contributed by atoms with van der Waals surface area (Å²) in [5.74, 6) is -0.236. The zero-order valence-corrected chi connectivity index (χ0v) is 9.75. The van der Waals surface area contributed by atoms with E-state index in [9.17, 15) is 4.79 Å². The van der Waals surface area contributed by atoms with Crippen molar-refractivity contribution in [2.45, 2.75) is 32.2 Å². The Morgan fingerprint density at radius 3 is 2.88 bits per heavy atom. The number of benzene rings is 1. The molecule has 1 aromatic rings. The highest BCUT2D eigenvalue weighted by Gasteiger charge is 2.15. The molecule has 86 valence electrons. The third-order valence-corrected chi connectivity index (χ3v) is 3.04. The second-order valence-corrected chi connectivity index (χ2v) is 4.23. The molecule has 0 fully saturated rings.